The van der Waals surface area contributed by atoms with Gasteiger partial charge < -0.3 is 9.47 Å². The van der Waals surface area contributed by atoms with Crippen molar-refractivity contribution in [3.05, 3.63) is 24.3 Å². The van der Waals surface area contributed by atoms with Gasteiger partial charge in [-0.3, -0.25) is 4.79 Å². The zero-order valence-corrected chi connectivity index (χ0v) is 9.92. The third-order valence-corrected chi connectivity index (χ3v) is 1.49. The van der Waals surface area contributed by atoms with Crippen LogP contribution in [0.4, 0.5) is 0 Å². The fraction of sp³-hybridized carbons (Fsp3) is 0.545. The Kier molecular flexibility index (Phi) is 9.35. The van der Waals surface area contributed by atoms with Gasteiger partial charge in [0, 0.05) is 25.6 Å². The van der Waals surface area contributed by atoms with E-state index in [1.165, 1.54) is 12.4 Å². The van der Waals surface area contributed by atoms with Crippen LogP contribution in [0.3, 0.4) is 0 Å². The topological polar surface area (TPSA) is 61.3 Å². The van der Waals surface area contributed by atoms with Gasteiger partial charge in [0.2, 0.25) is 0 Å². The van der Waals surface area contributed by atoms with Crippen molar-refractivity contribution < 1.29 is 14.3 Å². The molecule has 0 aromatic carbocycles. The van der Waals surface area contributed by atoms with Crippen LogP contribution in [0.25, 0.3) is 0 Å². The molecule has 0 amide bonds. The summed E-state index contributed by atoms with van der Waals surface area (Å²) in [5.41, 5.74) is 0. The Balaban J connectivity index is 0.000000281. The normalized spacial score (nSPS) is 9.50. The number of aldehydes is 1. The number of hydrogen-bond acceptors (Lipinski definition) is 5. The zero-order valence-electron chi connectivity index (χ0n) is 9.92. The van der Waals surface area contributed by atoms with Crippen LogP contribution in [0.5, 0.6) is 0 Å². The van der Waals surface area contributed by atoms with Crippen molar-refractivity contribution in [1.29, 1.82) is 0 Å². The van der Waals surface area contributed by atoms with Crippen LogP contribution < -0.4 is 0 Å². The lowest BCUT2D eigenvalue weighted by Gasteiger charge is -2.09. The lowest BCUT2D eigenvalue weighted by atomic mass is 10.6. The molecule has 0 aliphatic carbocycles. The summed E-state index contributed by atoms with van der Waals surface area (Å²) in [4.78, 5) is 17.1. The molecule has 0 unspecified atom stereocenters. The average molecular weight is 226 g/mol. The highest BCUT2D eigenvalue weighted by atomic mass is 16.7. The van der Waals surface area contributed by atoms with E-state index >= 15 is 0 Å². The van der Waals surface area contributed by atoms with Crippen molar-refractivity contribution in [2.75, 3.05) is 13.2 Å². The Morgan fingerprint density at radius 1 is 1.25 bits per heavy atom. The minimum atomic E-state index is -0.0370. The molecule has 1 aromatic heterocycles. The smallest absolute Gasteiger partial charge is 0.192 e. The summed E-state index contributed by atoms with van der Waals surface area (Å²) in [7, 11) is 0. The summed E-state index contributed by atoms with van der Waals surface area (Å²) < 4.78 is 10.1. The number of rotatable bonds is 5. The first kappa shape index (κ1) is 14.7. The second-order valence-corrected chi connectivity index (χ2v) is 2.70. The molecule has 0 saturated heterocycles. The predicted octanol–water partition coefficient (Wildman–Crippen LogP) is 1.69. The summed E-state index contributed by atoms with van der Waals surface area (Å²) >= 11 is 0. The maximum absolute atomic E-state index is 9.88. The lowest BCUT2D eigenvalue weighted by molar-refractivity contribution is -0.123. The molecule has 0 fully saturated rings. The van der Waals surface area contributed by atoms with E-state index in [-0.39, 0.29) is 12.1 Å². The van der Waals surface area contributed by atoms with Crippen LogP contribution in [0.1, 0.15) is 31.4 Å². The molecule has 16 heavy (non-hydrogen) atoms. The van der Waals surface area contributed by atoms with Crippen molar-refractivity contribution in [1.82, 2.24) is 9.97 Å². The van der Waals surface area contributed by atoms with Gasteiger partial charge in [-0.05, 0) is 26.8 Å². The monoisotopic (exact) mass is 226 g/mol. The second kappa shape index (κ2) is 10.2. The zero-order chi connectivity index (χ0) is 12.2. The molecular formula is C11H18N2O3. The first-order valence-electron chi connectivity index (χ1n) is 5.19. The molecule has 0 bridgehead atoms. The summed E-state index contributed by atoms with van der Waals surface area (Å²) in [6.45, 7) is 7.25. The van der Waals surface area contributed by atoms with E-state index in [0.717, 1.165) is 13.2 Å². The number of hydrogen-bond donors (Lipinski definition) is 0. The quantitative estimate of drug-likeness (QED) is 0.565. The fourth-order valence-electron chi connectivity index (χ4n) is 0.889. The van der Waals surface area contributed by atoms with Gasteiger partial charge in [0.25, 0.3) is 0 Å². The maximum Gasteiger partial charge on any atom is 0.192 e. The fourth-order valence-corrected chi connectivity index (χ4v) is 0.889. The molecule has 0 radical (unpaired) electrons. The Morgan fingerprint density at radius 2 is 1.75 bits per heavy atom. The van der Waals surface area contributed by atoms with Gasteiger partial charge in [-0.25, -0.2) is 9.97 Å². The minimum absolute atomic E-state index is 0.0370. The third-order valence-electron chi connectivity index (χ3n) is 1.49. The summed E-state index contributed by atoms with van der Waals surface area (Å²) in [5, 5.41) is 0. The minimum Gasteiger partial charge on any atom is -0.353 e. The molecule has 5 heteroatoms. The van der Waals surface area contributed by atoms with E-state index in [1.807, 2.05) is 20.8 Å². The largest absolute Gasteiger partial charge is 0.353 e. The number of nitrogens with zero attached hydrogens (tertiary/aromatic N) is 2. The molecule has 0 saturated carbocycles. The average Bonchev–Trinajstić information content (AvgIpc) is 2.32. The highest BCUT2D eigenvalue weighted by Crippen LogP contribution is 1.90. The molecule has 0 aliphatic rings. The standard InChI is InChI=1S/C6H14O2.C5H4N2O/c1-4-7-6(3)8-5-2;8-4-5-6-2-1-3-7-5/h6H,4-5H2,1-3H3;1-4H. The summed E-state index contributed by atoms with van der Waals surface area (Å²) in [6, 6.07) is 1.66. The maximum atomic E-state index is 9.88. The Hall–Kier alpha value is -1.33. The predicted molar refractivity (Wildman–Crippen MR) is 60.1 cm³/mol. The molecule has 1 aromatic rings. The molecule has 90 valence electrons. The highest BCUT2D eigenvalue weighted by molar-refractivity contribution is 5.68. The van der Waals surface area contributed by atoms with Crippen molar-refractivity contribution in [3.8, 4) is 0 Å². The molecule has 0 aliphatic heterocycles. The second-order valence-electron chi connectivity index (χ2n) is 2.70. The number of carbonyl (C=O) groups excluding carboxylic acids is 1. The SMILES string of the molecule is CCOC(C)OCC.O=Cc1ncccn1. The molecule has 1 heterocycles. The molecule has 1 rings (SSSR count). The number of aromatic nitrogens is 2. The van der Waals surface area contributed by atoms with Crippen LogP contribution in [-0.2, 0) is 9.47 Å². The van der Waals surface area contributed by atoms with Gasteiger partial charge in [-0.2, -0.15) is 0 Å². The highest BCUT2D eigenvalue weighted by Gasteiger charge is 1.94. The molecular weight excluding hydrogens is 208 g/mol. The van der Waals surface area contributed by atoms with E-state index < -0.39 is 0 Å². The van der Waals surface area contributed by atoms with E-state index in [9.17, 15) is 4.79 Å². The van der Waals surface area contributed by atoms with Crippen LogP contribution in [-0.4, -0.2) is 35.8 Å². The van der Waals surface area contributed by atoms with Gasteiger partial charge in [0.1, 0.15) is 0 Å². The molecule has 5 nitrogen and oxygen atoms in total. The van der Waals surface area contributed by atoms with Crippen LogP contribution in [0.15, 0.2) is 18.5 Å². The van der Waals surface area contributed by atoms with Crippen LogP contribution in [0, 0.1) is 0 Å². The Morgan fingerprint density at radius 3 is 2.06 bits per heavy atom. The Labute approximate surface area is 95.8 Å². The van der Waals surface area contributed by atoms with Crippen molar-refractivity contribution in [2.45, 2.75) is 27.1 Å². The van der Waals surface area contributed by atoms with Crippen molar-refractivity contribution in [3.63, 3.8) is 0 Å². The van der Waals surface area contributed by atoms with Gasteiger partial charge >= 0.3 is 0 Å². The van der Waals surface area contributed by atoms with Crippen LogP contribution >= 0.6 is 0 Å². The first-order valence-corrected chi connectivity index (χ1v) is 5.19. The third kappa shape index (κ3) is 8.02. The molecule has 0 N–H and O–H groups in total. The van der Waals surface area contributed by atoms with Crippen LogP contribution in [0.2, 0.25) is 0 Å². The van der Waals surface area contributed by atoms with E-state index in [0.29, 0.717) is 6.29 Å². The van der Waals surface area contributed by atoms with Gasteiger partial charge in [0.15, 0.2) is 18.4 Å². The van der Waals surface area contributed by atoms with Gasteiger partial charge in [-0.15, -0.1) is 0 Å². The van der Waals surface area contributed by atoms with Crippen molar-refractivity contribution in [2.24, 2.45) is 0 Å². The summed E-state index contributed by atoms with van der Waals surface area (Å²) in [5.74, 6) is 0.229. The van der Waals surface area contributed by atoms with Crippen molar-refractivity contribution >= 4 is 6.29 Å². The lowest BCUT2D eigenvalue weighted by Crippen LogP contribution is -2.11. The first-order chi connectivity index (χ1) is 7.74. The number of ether oxygens (including phenoxy) is 2. The van der Waals surface area contributed by atoms with Gasteiger partial charge in [-0.1, -0.05) is 0 Å². The Bertz CT molecular complexity index is 261. The molecule has 0 spiro atoms. The number of carbonyl (C=O) groups is 1. The van der Waals surface area contributed by atoms with E-state index in [2.05, 4.69) is 9.97 Å². The van der Waals surface area contributed by atoms with Gasteiger partial charge in [0.05, 0.1) is 0 Å². The van der Waals surface area contributed by atoms with E-state index in [4.69, 9.17) is 9.47 Å². The van der Waals surface area contributed by atoms with E-state index in [1.54, 1.807) is 6.07 Å². The summed E-state index contributed by atoms with van der Waals surface area (Å²) in [6.07, 6.45) is 3.62. The molecule has 0 atom stereocenters.